The number of hydrogen-bond acceptors (Lipinski definition) is 0. The van der Waals surface area contributed by atoms with Gasteiger partial charge in [0.15, 0.2) is 0 Å². The van der Waals surface area contributed by atoms with Crippen LogP contribution in [0.4, 0.5) is 0 Å². The molecule has 0 unspecified atom stereocenters. The molecule has 0 atom stereocenters. The molecule has 0 radical (unpaired) electrons. The zero-order valence-electron chi connectivity index (χ0n) is 37.2. The summed E-state index contributed by atoms with van der Waals surface area (Å²) >= 11 is 0. The summed E-state index contributed by atoms with van der Waals surface area (Å²) in [6.45, 7) is 0. The fourth-order valence-electron chi connectivity index (χ4n) is 11.3. The normalized spacial score (nSPS) is 11.8. The van der Waals surface area contributed by atoms with Gasteiger partial charge in [-0.25, -0.2) is 0 Å². The molecule has 0 saturated heterocycles. The van der Waals surface area contributed by atoms with E-state index in [4.69, 9.17) is 0 Å². The predicted molar refractivity (Wildman–Crippen MR) is 292 cm³/mol. The SMILES string of the molecule is c1ccc(-c2ccc(-c3ccc4ccc5c(-c6cccc(-c7cccc(-c8cccc(-c9ccc%10ccc%11c(-c%12ccccc%12)ccc%12ccc9c%10c%12%11)c8)c7)c6)ccc6ccc3c4c65)cc2)cc1. The van der Waals surface area contributed by atoms with Crippen molar-refractivity contribution in [3.8, 4) is 77.9 Å². The largest absolute Gasteiger partial charge is 0.0622 e. The van der Waals surface area contributed by atoms with Gasteiger partial charge in [0.1, 0.15) is 0 Å². The molecule has 0 N–H and O–H groups in total. The first-order valence-electron chi connectivity index (χ1n) is 23.6. The quantitative estimate of drug-likeness (QED) is 0.140. The van der Waals surface area contributed by atoms with Crippen LogP contribution in [0.2, 0.25) is 0 Å². The molecular formula is C68H42. The summed E-state index contributed by atoms with van der Waals surface area (Å²) < 4.78 is 0. The van der Waals surface area contributed by atoms with Crippen LogP contribution >= 0.6 is 0 Å². The maximum absolute atomic E-state index is 2.37. The molecular weight excluding hydrogens is 817 g/mol. The number of benzene rings is 14. The molecule has 14 aromatic carbocycles. The van der Waals surface area contributed by atoms with E-state index in [2.05, 4.69) is 255 Å². The highest BCUT2D eigenvalue weighted by Gasteiger charge is 2.18. The van der Waals surface area contributed by atoms with Crippen LogP contribution in [-0.4, -0.2) is 0 Å². The minimum absolute atomic E-state index is 1.20. The Morgan fingerprint density at radius 2 is 0.397 bits per heavy atom. The lowest BCUT2D eigenvalue weighted by atomic mass is 9.86. The molecule has 0 nitrogen and oxygen atoms in total. The molecule has 0 aromatic heterocycles. The highest BCUT2D eigenvalue weighted by molar-refractivity contribution is 6.29. The lowest BCUT2D eigenvalue weighted by Gasteiger charge is -2.17. The molecule has 0 amide bonds. The smallest absolute Gasteiger partial charge is 0.00203 e. The monoisotopic (exact) mass is 858 g/mol. The Morgan fingerprint density at radius 1 is 0.147 bits per heavy atom. The molecule has 314 valence electrons. The van der Waals surface area contributed by atoms with Crippen LogP contribution in [0.1, 0.15) is 0 Å². The van der Waals surface area contributed by atoms with Gasteiger partial charge in [-0.1, -0.05) is 237 Å². The Hall–Kier alpha value is -8.84. The van der Waals surface area contributed by atoms with Crippen molar-refractivity contribution in [1.82, 2.24) is 0 Å². The predicted octanol–water partition coefficient (Wildman–Crippen LogP) is 19.2. The Morgan fingerprint density at radius 3 is 0.779 bits per heavy atom. The van der Waals surface area contributed by atoms with Gasteiger partial charge in [0.05, 0.1) is 0 Å². The molecule has 0 aliphatic rings. The zero-order chi connectivity index (χ0) is 44.7. The molecule has 0 heteroatoms. The van der Waals surface area contributed by atoms with Gasteiger partial charge in [-0.2, -0.15) is 0 Å². The molecule has 0 bridgehead atoms. The summed E-state index contributed by atoms with van der Waals surface area (Å²) in [7, 11) is 0. The van der Waals surface area contributed by atoms with E-state index in [1.807, 2.05) is 0 Å². The summed E-state index contributed by atoms with van der Waals surface area (Å²) in [5.74, 6) is 0. The van der Waals surface area contributed by atoms with E-state index in [0.29, 0.717) is 0 Å². The molecule has 14 rings (SSSR count). The topological polar surface area (TPSA) is 0 Å². The van der Waals surface area contributed by atoms with Crippen LogP contribution in [-0.2, 0) is 0 Å². The van der Waals surface area contributed by atoms with E-state index < -0.39 is 0 Å². The third-order valence-electron chi connectivity index (χ3n) is 14.6. The second kappa shape index (κ2) is 15.4. The molecule has 0 saturated carbocycles. The van der Waals surface area contributed by atoms with E-state index in [-0.39, 0.29) is 0 Å². The summed E-state index contributed by atoms with van der Waals surface area (Å²) in [5.41, 5.74) is 17.2. The zero-order valence-corrected chi connectivity index (χ0v) is 37.2. The van der Waals surface area contributed by atoms with Gasteiger partial charge in [-0.15, -0.1) is 0 Å². The number of rotatable bonds is 7. The van der Waals surface area contributed by atoms with Crippen LogP contribution in [0.3, 0.4) is 0 Å². The first-order chi connectivity index (χ1) is 33.7. The third kappa shape index (κ3) is 6.15. The van der Waals surface area contributed by atoms with Crippen molar-refractivity contribution in [3.05, 3.63) is 255 Å². The second-order valence-corrected chi connectivity index (χ2v) is 18.3. The van der Waals surface area contributed by atoms with Gasteiger partial charge in [-0.3, -0.25) is 0 Å². The van der Waals surface area contributed by atoms with Gasteiger partial charge in [0.25, 0.3) is 0 Å². The molecule has 0 aliphatic carbocycles. The molecule has 0 heterocycles. The van der Waals surface area contributed by atoms with Crippen molar-refractivity contribution in [1.29, 1.82) is 0 Å². The molecule has 0 fully saturated rings. The maximum atomic E-state index is 2.37. The molecule has 14 aromatic rings. The van der Waals surface area contributed by atoms with Crippen LogP contribution in [0.5, 0.6) is 0 Å². The van der Waals surface area contributed by atoms with Crippen molar-refractivity contribution in [2.75, 3.05) is 0 Å². The highest BCUT2D eigenvalue weighted by Crippen LogP contribution is 2.45. The van der Waals surface area contributed by atoms with E-state index in [0.717, 1.165) is 0 Å². The summed E-state index contributed by atoms with van der Waals surface area (Å²) in [6.07, 6.45) is 0. The van der Waals surface area contributed by atoms with E-state index >= 15 is 0 Å². The van der Waals surface area contributed by atoms with Gasteiger partial charge in [-0.05, 0) is 161 Å². The first kappa shape index (κ1) is 38.4. The average molecular weight is 859 g/mol. The first-order valence-corrected chi connectivity index (χ1v) is 23.6. The molecule has 68 heavy (non-hydrogen) atoms. The van der Waals surface area contributed by atoms with Gasteiger partial charge < -0.3 is 0 Å². The van der Waals surface area contributed by atoms with Crippen LogP contribution in [0.25, 0.3) is 143 Å². The Bertz CT molecular complexity index is 4220. The van der Waals surface area contributed by atoms with Crippen molar-refractivity contribution >= 4 is 64.6 Å². The van der Waals surface area contributed by atoms with E-state index in [1.54, 1.807) is 0 Å². The van der Waals surface area contributed by atoms with Crippen molar-refractivity contribution in [3.63, 3.8) is 0 Å². The van der Waals surface area contributed by atoms with Crippen molar-refractivity contribution in [2.45, 2.75) is 0 Å². The maximum Gasteiger partial charge on any atom is -0.00203 e. The molecule has 0 aliphatic heterocycles. The van der Waals surface area contributed by atoms with Crippen LogP contribution < -0.4 is 0 Å². The van der Waals surface area contributed by atoms with Gasteiger partial charge >= 0.3 is 0 Å². The third-order valence-corrected chi connectivity index (χ3v) is 14.6. The Labute approximate surface area is 395 Å². The van der Waals surface area contributed by atoms with Crippen molar-refractivity contribution in [2.24, 2.45) is 0 Å². The average Bonchev–Trinajstić information content (AvgIpc) is 3.42. The van der Waals surface area contributed by atoms with Gasteiger partial charge in [0.2, 0.25) is 0 Å². The fourth-order valence-corrected chi connectivity index (χ4v) is 11.3. The minimum Gasteiger partial charge on any atom is -0.0622 e. The minimum atomic E-state index is 1.20. The second-order valence-electron chi connectivity index (χ2n) is 18.3. The standard InChI is InChI=1S/C68H42/c1-3-10-43(11-4-1)44-20-22-46(23-21-44)58-33-25-48-31-39-64-60(35-27-50-29-37-62(58)66(48)68(50)64)56-19-9-17-54(42-56)52-15-7-14-51(40-52)53-16-8-18-55(41-53)59-34-26-49-28-36-61-57(45-12-5-2-6-13-45)32-24-47-30-38-63(59)67(49)65(47)61/h1-42H. The Balaban J connectivity index is 0.820. The van der Waals surface area contributed by atoms with E-state index in [1.165, 1.54) is 143 Å². The lowest BCUT2D eigenvalue weighted by Crippen LogP contribution is -1.90. The fraction of sp³-hybridized carbons (Fsp3) is 0. The summed E-state index contributed by atoms with van der Waals surface area (Å²) in [6, 6.07) is 94.5. The molecule has 0 spiro atoms. The summed E-state index contributed by atoms with van der Waals surface area (Å²) in [5, 5.41) is 15.6. The lowest BCUT2D eigenvalue weighted by molar-refractivity contribution is 1.58. The van der Waals surface area contributed by atoms with Crippen LogP contribution in [0.15, 0.2) is 255 Å². The highest BCUT2D eigenvalue weighted by atomic mass is 14.2. The van der Waals surface area contributed by atoms with Gasteiger partial charge in [0, 0.05) is 0 Å². The van der Waals surface area contributed by atoms with Crippen LogP contribution in [0, 0.1) is 0 Å². The van der Waals surface area contributed by atoms with E-state index in [9.17, 15) is 0 Å². The summed E-state index contributed by atoms with van der Waals surface area (Å²) in [4.78, 5) is 0. The Kier molecular flexibility index (Phi) is 8.69. The number of hydrogen-bond donors (Lipinski definition) is 0. The van der Waals surface area contributed by atoms with Crippen molar-refractivity contribution < 1.29 is 0 Å².